The highest BCUT2D eigenvalue weighted by Gasteiger charge is 2.12. The van der Waals surface area contributed by atoms with E-state index in [4.69, 9.17) is 5.11 Å². The van der Waals surface area contributed by atoms with Crippen LogP contribution in [0.25, 0.3) is 11.0 Å². The number of fused-ring (bicyclic) bond motifs is 1. The number of hydrogen-bond acceptors (Lipinski definition) is 4. The highest BCUT2D eigenvalue weighted by molar-refractivity contribution is 5.94. The Kier molecular flexibility index (Phi) is 1.78. The average molecular weight is 190 g/mol. The predicted octanol–water partition coefficient (Wildman–Crippen LogP) is 1.03. The summed E-state index contributed by atoms with van der Waals surface area (Å²) in [5.41, 5.74) is 0.112. The van der Waals surface area contributed by atoms with Gasteiger partial charge in [0.1, 0.15) is 5.56 Å². The molecule has 14 heavy (non-hydrogen) atoms. The summed E-state index contributed by atoms with van der Waals surface area (Å²) in [6, 6.07) is 4.70. The summed E-state index contributed by atoms with van der Waals surface area (Å²) in [6.07, 6.45) is 1.52. The van der Waals surface area contributed by atoms with Crippen LogP contribution < -0.4 is 0 Å². The molecule has 0 amide bonds. The van der Waals surface area contributed by atoms with Crippen molar-refractivity contribution in [2.24, 2.45) is 0 Å². The van der Waals surface area contributed by atoms with Crippen molar-refractivity contribution in [2.75, 3.05) is 0 Å². The smallest absolute Gasteiger partial charge is 0.341 e. The van der Waals surface area contributed by atoms with E-state index in [1.165, 1.54) is 12.3 Å². The molecular formula is C9H6N2O3. The lowest BCUT2D eigenvalue weighted by Crippen LogP contribution is -1.98. The Morgan fingerprint density at radius 3 is 2.93 bits per heavy atom. The van der Waals surface area contributed by atoms with Gasteiger partial charge in [-0.3, -0.25) is 0 Å². The van der Waals surface area contributed by atoms with Crippen molar-refractivity contribution in [1.29, 1.82) is 0 Å². The fraction of sp³-hybridized carbons (Fsp3) is 0. The molecule has 2 N–H and O–H groups in total. The summed E-state index contributed by atoms with van der Waals surface area (Å²) < 4.78 is 0. The normalized spacial score (nSPS) is 10.3. The van der Waals surface area contributed by atoms with Gasteiger partial charge in [-0.15, -0.1) is 0 Å². The molecule has 0 bridgehead atoms. The SMILES string of the molecule is O=C(O)c1cc2cccnc2nc1O. The fourth-order valence-electron chi connectivity index (χ4n) is 1.15. The van der Waals surface area contributed by atoms with Crippen molar-refractivity contribution in [3.63, 3.8) is 0 Å². The number of aromatic hydroxyl groups is 1. The molecular weight excluding hydrogens is 184 g/mol. The Balaban J connectivity index is 2.77. The Bertz CT molecular complexity index is 510. The largest absolute Gasteiger partial charge is 0.493 e. The number of hydrogen-bond donors (Lipinski definition) is 2. The van der Waals surface area contributed by atoms with Crippen molar-refractivity contribution < 1.29 is 15.0 Å². The summed E-state index contributed by atoms with van der Waals surface area (Å²) in [5.74, 6) is -1.72. The van der Waals surface area contributed by atoms with E-state index in [0.717, 1.165) is 0 Å². The van der Waals surface area contributed by atoms with Gasteiger partial charge in [-0.25, -0.2) is 9.78 Å². The third kappa shape index (κ3) is 1.24. The summed E-state index contributed by atoms with van der Waals surface area (Å²) in [4.78, 5) is 18.2. The Morgan fingerprint density at radius 2 is 2.21 bits per heavy atom. The molecule has 5 heteroatoms. The van der Waals surface area contributed by atoms with Gasteiger partial charge < -0.3 is 10.2 Å². The highest BCUT2D eigenvalue weighted by atomic mass is 16.4. The Morgan fingerprint density at radius 1 is 1.43 bits per heavy atom. The minimum absolute atomic E-state index is 0.217. The van der Waals surface area contributed by atoms with E-state index in [2.05, 4.69) is 9.97 Å². The first-order valence-electron chi connectivity index (χ1n) is 3.86. The molecule has 0 atom stereocenters. The number of carboxylic acids is 1. The predicted molar refractivity (Wildman–Crippen MR) is 48.2 cm³/mol. The van der Waals surface area contributed by atoms with Crippen LogP contribution in [-0.4, -0.2) is 26.2 Å². The minimum Gasteiger partial charge on any atom is -0.493 e. The molecule has 0 aliphatic heterocycles. The van der Waals surface area contributed by atoms with Crippen LogP contribution in [0.15, 0.2) is 24.4 Å². The number of carboxylic acid groups (broad SMARTS) is 1. The lowest BCUT2D eigenvalue weighted by molar-refractivity contribution is 0.0693. The topological polar surface area (TPSA) is 83.3 Å². The van der Waals surface area contributed by atoms with Crippen molar-refractivity contribution in [3.05, 3.63) is 30.0 Å². The van der Waals surface area contributed by atoms with Crippen LogP contribution in [0.3, 0.4) is 0 Å². The number of nitrogens with zero attached hydrogens (tertiary/aromatic N) is 2. The second-order valence-electron chi connectivity index (χ2n) is 2.71. The maximum atomic E-state index is 10.6. The van der Waals surface area contributed by atoms with Gasteiger partial charge in [-0.05, 0) is 18.2 Å². The van der Waals surface area contributed by atoms with Crippen molar-refractivity contribution in [1.82, 2.24) is 9.97 Å². The van der Waals surface area contributed by atoms with Crippen LogP contribution in [0.2, 0.25) is 0 Å². The number of pyridine rings is 2. The molecule has 0 aliphatic rings. The van der Waals surface area contributed by atoms with Gasteiger partial charge in [0.2, 0.25) is 5.88 Å². The molecule has 2 aromatic rings. The molecule has 2 rings (SSSR count). The molecule has 2 aromatic heterocycles. The van der Waals surface area contributed by atoms with Crippen molar-refractivity contribution in [3.8, 4) is 5.88 Å². The van der Waals surface area contributed by atoms with Crippen LogP contribution in [0.1, 0.15) is 10.4 Å². The fourth-order valence-corrected chi connectivity index (χ4v) is 1.15. The monoisotopic (exact) mass is 190 g/mol. The molecule has 0 radical (unpaired) electrons. The van der Waals surface area contributed by atoms with Crippen molar-refractivity contribution >= 4 is 17.0 Å². The number of aromatic nitrogens is 2. The van der Waals surface area contributed by atoms with Gasteiger partial charge in [0.15, 0.2) is 5.65 Å². The molecule has 0 saturated carbocycles. The third-order valence-electron chi connectivity index (χ3n) is 1.80. The van der Waals surface area contributed by atoms with E-state index in [1.54, 1.807) is 12.1 Å². The molecule has 0 unspecified atom stereocenters. The van der Waals surface area contributed by atoms with E-state index in [9.17, 15) is 9.90 Å². The molecule has 0 aromatic carbocycles. The standard InChI is InChI=1S/C9H6N2O3/c12-8-6(9(13)14)4-5-2-1-3-10-7(5)11-8/h1-4H,(H,13,14)(H,10,11,12). The van der Waals surface area contributed by atoms with Gasteiger partial charge in [-0.1, -0.05) is 0 Å². The summed E-state index contributed by atoms with van der Waals surface area (Å²) >= 11 is 0. The van der Waals surface area contributed by atoms with Crippen molar-refractivity contribution in [2.45, 2.75) is 0 Å². The van der Waals surface area contributed by atoms with Gasteiger partial charge in [0.25, 0.3) is 0 Å². The van der Waals surface area contributed by atoms with E-state index < -0.39 is 11.8 Å². The highest BCUT2D eigenvalue weighted by Crippen LogP contribution is 2.19. The zero-order valence-electron chi connectivity index (χ0n) is 7.01. The minimum atomic E-state index is -1.21. The van der Waals surface area contributed by atoms with Gasteiger partial charge >= 0.3 is 5.97 Å². The molecule has 5 nitrogen and oxygen atoms in total. The maximum Gasteiger partial charge on any atom is 0.341 e. The molecule has 0 fully saturated rings. The van der Waals surface area contributed by atoms with Crippen LogP contribution >= 0.6 is 0 Å². The number of carbonyl (C=O) groups is 1. The summed E-state index contributed by atoms with van der Waals surface area (Å²) in [7, 11) is 0. The molecule has 70 valence electrons. The second kappa shape index (κ2) is 2.95. The van der Waals surface area contributed by atoms with E-state index >= 15 is 0 Å². The van der Waals surface area contributed by atoms with Gasteiger partial charge in [0, 0.05) is 11.6 Å². The molecule has 0 aliphatic carbocycles. The Labute approximate surface area is 78.7 Å². The van der Waals surface area contributed by atoms with Crippen LogP contribution in [-0.2, 0) is 0 Å². The Hall–Kier alpha value is -2.17. The summed E-state index contributed by atoms with van der Waals surface area (Å²) in [5, 5.41) is 18.5. The van der Waals surface area contributed by atoms with Crippen LogP contribution in [0.5, 0.6) is 5.88 Å². The summed E-state index contributed by atoms with van der Waals surface area (Å²) in [6.45, 7) is 0. The van der Waals surface area contributed by atoms with E-state index in [-0.39, 0.29) is 5.56 Å². The van der Waals surface area contributed by atoms with E-state index in [0.29, 0.717) is 11.0 Å². The first-order valence-corrected chi connectivity index (χ1v) is 3.86. The average Bonchev–Trinajstić information content (AvgIpc) is 2.16. The second-order valence-corrected chi connectivity index (χ2v) is 2.71. The van der Waals surface area contributed by atoms with Gasteiger partial charge in [-0.2, -0.15) is 4.98 Å². The number of aromatic carboxylic acids is 1. The van der Waals surface area contributed by atoms with Crippen LogP contribution in [0, 0.1) is 0 Å². The number of rotatable bonds is 1. The maximum absolute atomic E-state index is 10.6. The molecule has 0 spiro atoms. The van der Waals surface area contributed by atoms with Crippen LogP contribution in [0.4, 0.5) is 0 Å². The lowest BCUT2D eigenvalue weighted by Gasteiger charge is -2.00. The van der Waals surface area contributed by atoms with E-state index in [1.807, 2.05) is 0 Å². The van der Waals surface area contributed by atoms with Gasteiger partial charge in [0.05, 0.1) is 0 Å². The molecule has 0 saturated heterocycles. The zero-order chi connectivity index (χ0) is 10.1. The third-order valence-corrected chi connectivity index (χ3v) is 1.80. The first-order chi connectivity index (χ1) is 6.68. The molecule has 2 heterocycles. The quantitative estimate of drug-likeness (QED) is 0.701. The lowest BCUT2D eigenvalue weighted by atomic mass is 10.2. The first kappa shape index (κ1) is 8.43. The zero-order valence-corrected chi connectivity index (χ0v) is 7.01.